The molecule has 0 aliphatic carbocycles. The zero-order chi connectivity index (χ0) is 47.1. The molecule has 2 amide bonds. The Morgan fingerprint density at radius 3 is 1.32 bits per heavy atom. The normalized spacial score (nSPS) is 12.6. The lowest BCUT2D eigenvalue weighted by Crippen LogP contribution is -2.45. The zero-order valence-electron chi connectivity index (χ0n) is 40.8. The van der Waals surface area contributed by atoms with E-state index in [1.807, 2.05) is 104 Å². The largest absolute Gasteiger partial charge is 0.486 e. The molecule has 0 unspecified atom stereocenters. The van der Waals surface area contributed by atoms with E-state index in [0.717, 1.165) is 34.1 Å². The number of thiophene rings is 1. The van der Waals surface area contributed by atoms with Gasteiger partial charge in [-0.15, -0.1) is 0 Å². The second-order valence-corrected chi connectivity index (χ2v) is 21.2. The fraction of sp³-hybridized carbons (Fsp3) is 0.453. The maximum atomic E-state index is 12.0. The monoisotopic (exact) mass is 869 g/mol. The molecule has 0 saturated carbocycles. The topological polar surface area (TPSA) is 95.0 Å². The van der Waals surface area contributed by atoms with Gasteiger partial charge in [-0.3, -0.25) is 14.5 Å². The van der Waals surface area contributed by atoms with Crippen molar-refractivity contribution in [3.63, 3.8) is 0 Å². The average molecular weight is 869 g/mol. The fourth-order valence-electron chi connectivity index (χ4n) is 4.52. The lowest BCUT2D eigenvalue weighted by Gasteiger charge is -2.29. The van der Waals surface area contributed by atoms with Gasteiger partial charge in [0.05, 0.1) is 23.1 Å². The molecule has 8 nitrogen and oxygen atoms in total. The van der Waals surface area contributed by atoms with Gasteiger partial charge in [-0.25, -0.2) is 0 Å². The van der Waals surface area contributed by atoms with Gasteiger partial charge in [-0.1, -0.05) is 157 Å². The first-order chi connectivity index (χ1) is 28.7. The number of furan rings is 1. The van der Waals surface area contributed by atoms with Crippen molar-refractivity contribution < 1.29 is 28.0 Å². The summed E-state index contributed by atoms with van der Waals surface area (Å²) in [4.78, 5) is 25.2. The third-order valence-corrected chi connectivity index (χ3v) is 7.53. The smallest absolute Gasteiger partial charge is 0.262 e. The van der Waals surface area contributed by atoms with Gasteiger partial charge in [0.2, 0.25) is 0 Å². The summed E-state index contributed by atoms with van der Waals surface area (Å²) in [6.45, 7) is 37.2. The van der Waals surface area contributed by atoms with E-state index in [9.17, 15) is 9.59 Å². The van der Waals surface area contributed by atoms with Gasteiger partial charge < -0.3 is 18.4 Å². The number of imide groups is 1. The van der Waals surface area contributed by atoms with E-state index in [4.69, 9.17) is 18.4 Å². The third-order valence-electron chi connectivity index (χ3n) is 6.91. The number of rotatable bonds is 0. The summed E-state index contributed by atoms with van der Waals surface area (Å²) >= 11 is 1.71. The number of fused-ring (bicyclic) bond motifs is 3. The number of hydrogen-bond acceptors (Lipinski definition) is 8. The standard InChI is InChI=1S/C12H13NO2.C8H8O2.C8H6O.C7H11NO.2C5H12.C4H4S.C4H10/c1-12(2,3)13-10(14)8-6-4-5-7-9(8)11(13)15;1-2-4-8-7(3-1)9-5-6-10-8;1-2-4-8-7(3-1)5-6-9-8;1-7(2,3)6-4-5-9-8-6;2*1-5(2,3)4;1-2-4-5-3-1;1-4(2)3/h4-7H,1-3H3;1-4H,5-6H2;1-6H;4-5H,1-3H3;2*1-4H3;1-4H;4H,1-3H3. The molecule has 9 heteroatoms. The average Bonchev–Trinajstić information content (AvgIpc) is 4.00. The molecule has 0 saturated heterocycles. The molecule has 0 spiro atoms. The third kappa shape index (κ3) is 24.3. The molecule has 6 aromatic rings. The van der Waals surface area contributed by atoms with Gasteiger partial charge in [0, 0.05) is 22.4 Å². The highest BCUT2D eigenvalue weighted by Gasteiger charge is 2.41. The van der Waals surface area contributed by atoms with Gasteiger partial charge in [-0.05, 0) is 84.7 Å². The highest BCUT2D eigenvalue weighted by molar-refractivity contribution is 7.07. The van der Waals surface area contributed by atoms with E-state index in [1.165, 1.54) is 4.90 Å². The summed E-state index contributed by atoms with van der Waals surface area (Å²) in [5, 5.41) is 9.06. The van der Waals surface area contributed by atoms with E-state index in [1.54, 1.807) is 48.1 Å². The first-order valence-corrected chi connectivity index (χ1v) is 22.3. The summed E-state index contributed by atoms with van der Waals surface area (Å²) in [7, 11) is 0. The zero-order valence-corrected chi connectivity index (χ0v) is 41.6. The lowest BCUT2D eigenvalue weighted by atomic mass is 9.93. The molecule has 3 aromatic heterocycles. The van der Waals surface area contributed by atoms with Crippen LogP contribution < -0.4 is 9.47 Å². The molecule has 0 bridgehead atoms. The Bertz CT molecular complexity index is 1950. The van der Waals surface area contributed by atoms with Gasteiger partial charge >= 0.3 is 0 Å². The van der Waals surface area contributed by atoms with Crippen LogP contribution in [-0.4, -0.2) is 40.6 Å². The molecule has 2 aliphatic heterocycles. The number of benzene rings is 3. The molecule has 0 atom stereocenters. The molecule has 5 heterocycles. The summed E-state index contributed by atoms with van der Waals surface area (Å²) in [5.74, 6) is 2.16. The first-order valence-electron chi connectivity index (χ1n) is 21.3. The maximum absolute atomic E-state index is 12.0. The predicted molar refractivity (Wildman–Crippen MR) is 261 cm³/mol. The lowest BCUT2D eigenvalue weighted by molar-refractivity contribution is 0.0507. The van der Waals surface area contributed by atoms with Crippen molar-refractivity contribution in [3.8, 4) is 11.5 Å². The van der Waals surface area contributed by atoms with Crippen LogP contribution in [0.3, 0.4) is 0 Å². The highest BCUT2D eigenvalue weighted by Crippen LogP contribution is 2.29. The van der Waals surface area contributed by atoms with E-state index >= 15 is 0 Å². The SMILES string of the molecule is CC(C)(C)C.CC(C)(C)C.CC(C)(C)N1C(=O)c2ccccc2C1=O.CC(C)(C)c1ccon1.CC(C)C.c1ccc2c(c1)OCCO2.c1ccc2occc2c1.c1ccsc1. The van der Waals surface area contributed by atoms with Crippen molar-refractivity contribution in [1.82, 2.24) is 10.1 Å². The second-order valence-electron chi connectivity index (χ2n) is 20.4. The number of amides is 2. The molecule has 2 aliphatic rings. The quantitative estimate of drug-likeness (QED) is 0.140. The van der Waals surface area contributed by atoms with Crippen LogP contribution in [0.15, 0.2) is 129 Å². The summed E-state index contributed by atoms with van der Waals surface area (Å²) in [6, 6.07) is 30.5. The van der Waals surface area contributed by atoms with Crippen LogP contribution in [0.4, 0.5) is 0 Å². The van der Waals surface area contributed by atoms with Crippen molar-refractivity contribution in [3.05, 3.63) is 137 Å². The van der Waals surface area contributed by atoms with E-state index in [2.05, 4.69) is 102 Å². The summed E-state index contributed by atoms with van der Waals surface area (Å²) in [5.41, 5.74) is 3.63. The Morgan fingerprint density at radius 1 is 0.565 bits per heavy atom. The predicted octanol–water partition coefficient (Wildman–Crippen LogP) is 15.5. The van der Waals surface area contributed by atoms with Gasteiger partial charge in [0.1, 0.15) is 25.1 Å². The van der Waals surface area contributed by atoms with Gasteiger partial charge in [-0.2, -0.15) is 11.3 Å². The van der Waals surface area contributed by atoms with Crippen LogP contribution in [0.2, 0.25) is 0 Å². The number of ether oxygens (including phenoxy) is 2. The Hall–Kier alpha value is -5.15. The summed E-state index contributed by atoms with van der Waals surface area (Å²) in [6.07, 6.45) is 3.30. The number of aromatic nitrogens is 1. The van der Waals surface area contributed by atoms with Crippen LogP contribution >= 0.6 is 11.3 Å². The molecular weight excluding hydrogens is 793 g/mol. The van der Waals surface area contributed by atoms with Crippen LogP contribution in [0.5, 0.6) is 11.5 Å². The fourth-order valence-corrected chi connectivity index (χ4v) is 4.98. The minimum absolute atomic E-state index is 0.118. The molecule has 0 radical (unpaired) electrons. The van der Waals surface area contributed by atoms with Crippen molar-refractivity contribution in [1.29, 1.82) is 0 Å². The van der Waals surface area contributed by atoms with Crippen LogP contribution in [0, 0.1) is 16.7 Å². The number of carbonyl (C=O) groups excluding carboxylic acids is 2. The highest BCUT2D eigenvalue weighted by atomic mass is 32.1. The van der Waals surface area contributed by atoms with E-state index in [-0.39, 0.29) is 17.2 Å². The molecule has 8 rings (SSSR count). The van der Waals surface area contributed by atoms with Gasteiger partial charge in [0.15, 0.2) is 11.5 Å². The number of nitrogens with zero attached hydrogens (tertiary/aromatic N) is 2. The van der Waals surface area contributed by atoms with E-state index in [0.29, 0.717) is 35.2 Å². The molecule has 62 heavy (non-hydrogen) atoms. The molecule has 0 fully saturated rings. The van der Waals surface area contributed by atoms with E-state index < -0.39 is 5.54 Å². The van der Waals surface area contributed by atoms with Crippen LogP contribution in [0.1, 0.15) is 144 Å². The molecule has 3 aromatic carbocycles. The van der Waals surface area contributed by atoms with Crippen molar-refractivity contribution in [2.24, 2.45) is 16.7 Å². The Balaban J connectivity index is 0.000000369. The summed E-state index contributed by atoms with van der Waals surface area (Å²) < 4.78 is 20.4. The van der Waals surface area contributed by atoms with Crippen molar-refractivity contribution >= 4 is 34.1 Å². The van der Waals surface area contributed by atoms with Gasteiger partial charge in [0.25, 0.3) is 11.8 Å². The minimum Gasteiger partial charge on any atom is -0.486 e. The second kappa shape index (κ2) is 26.4. The molecular formula is C53H76N2O6S. The minimum atomic E-state index is -0.465. The van der Waals surface area contributed by atoms with Crippen molar-refractivity contribution in [2.75, 3.05) is 13.2 Å². The first kappa shape index (κ1) is 54.9. The maximum Gasteiger partial charge on any atom is 0.262 e. The molecule has 0 N–H and O–H groups in total. The number of hydrogen-bond donors (Lipinski definition) is 0. The Labute approximate surface area is 378 Å². The number of para-hydroxylation sites is 3. The van der Waals surface area contributed by atoms with Crippen LogP contribution in [-0.2, 0) is 5.41 Å². The number of carbonyl (C=O) groups is 2. The van der Waals surface area contributed by atoms with Crippen molar-refractivity contribution in [2.45, 2.75) is 129 Å². The van der Waals surface area contributed by atoms with Crippen LogP contribution in [0.25, 0.3) is 11.0 Å². The molecule has 340 valence electrons. The Kier molecular flexibility index (Phi) is 23.3. The Morgan fingerprint density at radius 2 is 0.984 bits per heavy atom.